The maximum Gasteiger partial charge on any atom is 0.226 e. The molecule has 0 aromatic carbocycles. The average Bonchev–Trinajstić information content (AvgIpc) is 2.78. The molecule has 2 N–H and O–H groups in total. The fourth-order valence-electron chi connectivity index (χ4n) is 2.25. The zero-order valence-electron chi connectivity index (χ0n) is 10.9. The Morgan fingerprint density at radius 1 is 1.33 bits per heavy atom. The second-order valence-corrected chi connectivity index (χ2v) is 4.82. The SMILES string of the molecule is CCC(CC)C(C)Nc1nc(Cl)nc2[nH]ncc12. The Kier molecular flexibility index (Phi) is 4.01. The molecule has 2 aromatic heterocycles. The number of anilines is 1. The first-order valence-corrected chi connectivity index (χ1v) is 6.66. The average molecular weight is 268 g/mol. The van der Waals surface area contributed by atoms with Gasteiger partial charge in [-0.3, -0.25) is 5.10 Å². The van der Waals surface area contributed by atoms with Crippen LogP contribution in [0.5, 0.6) is 0 Å². The number of hydrogen-bond acceptors (Lipinski definition) is 4. The number of nitrogens with zero attached hydrogens (tertiary/aromatic N) is 3. The summed E-state index contributed by atoms with van der Waals surface area (Å²) in [5, 5.41) is 11.3. The number of fused-ring (bicyclic) bond motifs is 1. The molecule has 0 bridgehead atoms. The van der Waals surface area contributed by atoms with Crippen LogP contribution in [0.3, 0.4) is 0 Å². The number of rotatable bonds is 5. The summed E-state index contributed by atoms with van der Waals surface area (Å²) < 4.78 is 0. The smallest absolute Gasteiger partial charge is 0.226 e. The van der Waals surface area contributed by atoms with E-state index in [0.29, 0.717) is 17.6 Å². The fourth-order valence-corrected chi connectivity index (χ4v) is 2.42. The molecule has 1 atom stereocenters. The summed E-state index contributed by atoms with van der Waals surface area (Å²) in [7, 11) is 0. The van der Waals surface area contributed by atoms with Gasteiger partial charge in [-0.05, 0) is 24.4 Å². The van der Waals surface area contributed by atoms with E-state index < -0.39 is 0 Å². The summed E-state index contributed by atoms with van der Waals surface area (Å²) in [6, 6.07) is 0.337. The highest BCUT2D eigenvalue weighted by Gasteiger charge is 2.16. The largest absolute Gasteiger partial charge is 0.367 e. The molecule has 98 valence electrons. The number of nitrogens with one attached hydrogen (secondary N) is 2. The van der Waals surface area contributed by atoms with Gasteiger partial charge in [-0.25, -0.2) is 0 Å². The molecule has 0 fully saturated rings. The molecule has 6 heteroatoms. The molecule has 2 heterocycles. The highest BCUT2D eigenvalue weighted by atomic mass is 35.5. The summed E-state index contributed by atoms with van der Waals surface area (Å²) in [6.07, 6.45) is 3.99. The van der Waals surface area contributed by atoms with Crippen LogP contribution >= 0.6 is 11.6 Å². The van der Waals surface area contributed by atoms with Gasteiger partial charge in [-0.15, -0.1) is 0 Å². The molecule has 0 radical (unpaired) electrons. The lowest BCUT2D eigenvalue weighted by Gasteiger charge is -2.23. The molecule has 0 amide bonds. The Bertz CT molecular complexity index is 520. The Hall–Kier alpha value is -1.36. The molecule has 0 aliphatic rings. The Morgan fingerprint density at radius 2 is 2.06 bits per heavy atom. The summed E-state index contributed by atoms with van der Waals surface area (Å²) in [4.78, 5) is 8.33. The van der Waals surface area contributed by atoms with Crippen molar-refractivity contribution in [2.75, 3.05) is 5.32 Å². The van der Waals surface area contributed by atoms with Crippen LogP contribution in [0.2, 0.25) is 5.28 Å². The van der Waals surface area contributed by atoms with Gasteiger partial charge in [0.05, 0.1) is 11.6 Å². The van der Waals surface area contributed by atoms with E-state index in [9.17, 15) is 0 Å². The molecule has 5 nitrogen and oxygen atoms in total. The van der Waals surface area contributed by atoms with Gasteiger partial charge in [-0.2, -0.15) is 15.1 Å². The van der Waals surface area contributed by atoms with Gasteiger partial charge in [0.15, 0.2) is 5.65 Å². The van der Waals surface area contributed by atoms with E-state index in [-0.39, 0.29) is 5.28 Å². The number of H-pyrrole nitrogens is 1. The van der Waals surface area contributed by atoms with Gasteiger partial charge >= 0.3 is 0 Å². The van der Waals surface area contributed by atoms with Crippen LogP contribution in [0.25, 0.3) is 11.0 Å². The van der Waals surface area contributed by atoms with Gasteiger partial charge in [0.2, 0.25) is 5.28 Å². The molecule has 1 unspecified atom stereocenters. The predicted octanol–water partition coefficient (Wildman–Crippen LogP) is 3.24. The van der Waals surface area contributed by atoms with Crippen LogP contribution in [0.1, 0.15) is 33.6 Å². The van der Waals surface area contributed by atoms with Crippen molar-refractivity contribution in [2.45, 2.75) is 39.7 Å². The predicted molar refractivity (Wildman–Crippen MR) is 73.9 cm³/mol. The number of hydrogen-bond donors (Lipinski definition) is 2. The number of aromatic nitrogens is 4. The minimum Gasteiger partial charge on any atom is -0.367 e. The first-order valence-electron chi connectivity index (χ1n) is 6.28. The lowest BCUT2D eigenvalue weighted by Crippen LogP contribution is -2.25. The molecule has 2 rings (SSSR count). The lowest BCUT2D eigenvalue weighted by atomic mass is 9.95. The van der Waals surface area contributed by atoms with E-state index in [1.807, 2.05) is 0 Å². The van der Waals surface area contributed by atoms with Crippen LogP contribution in [0.15, 0.2) is 6.20 Å². The van der Waals surface area contributed by atoms with Crippen LogP contribution in [0.4, 0.5) is 5.82 Å². The van der Waals surface area contributed by atoms with Crippen molar-refractivity contribution < 1.29 is 0 Å². The van der Waals surface area contributed by atoms with E-state index in [4.69, 9.17) is 11.6 Å². The molecule has 0 aliphatic heterocycles. The van der Waals surface area contributed by atoms with Gasteiger partial charge in [-0.1, -0.05) is 26.7 Å². The van der Waals surface area contributed by atoms with Crippen molar-refractivity contribution in [3.63, 3.8) is 0 Å². The highest BCUT2D eigenvalue weighted by molar-refractivity contribution is 6.28. The van der Waals surface area contributed by atoms with Crippen molar-refractivity contribution in [3.05, 3.63) is 11.5 Å². The van der Waals surface area contributed by atoms with E-state index in [2.05, 4.69) is 46.3 Å². The fraction of sp³-hybridized carbons (Fsp3) is 0.583. The second-order valence-electron chi connectivity index (χ2n) is 4.48. The highest BCUT2D eigenvalue weighted by Crippen LogP contribution is 2.23. The van der Waals surface area contributed by atoms with Crippen molar-refractivity contribution in [1.29, 1.82) is 0 Å². The first-order chi connectivity index (χ1) is 8.65. The lowest BCUT2D eigenvalue weighted by molar-refractivity contribution is 0.437. The Balaban J connectivity index is 2.28. The summed E-state index contributed by atoms with van der Waals surface area (Å²) in [5.41, 5.74) is 0.661. The maximum atomic E-state index is 5.90. The topological polar surface area (TPSA) is 66.5 Å². The zero-order chi connectivity index (χ0) is 13.1. The third-order valence-electron chi connectivity index (χ3n) is 3.40. The summed E-state index contributed by atoms with van der Waals surface area (Å²) >= 11 is 5.90. The molecular formula is C12H18ClN5. The number of aromatic amines is 1. The number of halogens is 1. The van der Waals surface area contributed by atoms with Gasteiger partial charge in [0.25, 0.3) is 0 Å². The molecule has 0 saturated heterocycles. The van der Waals surface area contributed by atoms with Gasteiger partial charge in [0, 0.05) is 6.04 Å². The summed E-state index contributed by atoms with van der Waals surface area (Å²) in [5.74, 6) is 1.36. The zero-order valence-corrected chi connectivity index (χ0v) is 11.6. The second kappa shape index (κ2) is 5.52. The third kappa shape index (κ3) is 2.56. The van der Waals surface area contributed by atoms with Crippen molar-refractivity contribution >= 4 is 28.5 Å². The van der Waals surface area contributed by atoms with Gasteiger partial charge in [0.1, 0.15) is 5.82 Å². The van der Waals surface area contributed by atoms with Crippen LogP contribution in [-0.4, -0.2) is 26.2 Å². The van der Waals surface area contributed by atoms with Crippen LogP contribution in [0, 0.1) is 5.92 Å². The van der Waals surface area contributed by atoms with E-state index >= 15 is 0 Å². The van der Waals surface area contributed by atoms with Crippen LogP contribution in [-0.2, 0) is 0 Å². The summed E-state index contributed by atoms with van der Waals surface area (Å²) in [6.45, 7) is 6.57. The van der Waals surface area contributed by atoms with E-state index in [1.165, 1.54) is 0 Å². The van der Waals surface area contributed by atoms with E-state index in [0.717, 1.165) is 24.0 Å². The Labute approximate surface area is 111 Å². The molecule has 0 aliphatic carbocycles. The van der Waals surface area contributed by atoms with Crippen molar-refractivity contribution in [2.24, 2.45) is 5.92 Å². The van der Waals surface area contributed by atoms with Crippen molar-refractivity contribution in [3.8, 4) is 0 Å². The normalized spacial score (nSPS) is 13.2. The monoisotopic (exact) mass is 267 g/mol. The standard InChI is InChI=1S/C12H18ClN5/c1-4-8(5-2)7(3)15-10-9-6-14-18-11(9)17-12(13)16-10/h6-8H,4-5H2,1-3H3,(H2,14,15,16,17,18). The minimum absolute atomic E-state index is 0.228. The minimum atomic E-state index is 0.228. The van der Waals surface area contributed by atoms with Crippen molar-refractivity contribution in [1.82, 2.24) is 20.2 Å². The molecule has 0 saturated carbocycles. The van der Waals surface area contributed by atoms with Crippen LogP contribution < -0.4 is 5.32 Å². The van der Waals surface area contributed by atoms with Gasteiger partial charge < -0.3 is 5.32 Å². The first kappa shape index (κ1) is 13.1. The maximum absolute atomic E-state index is 5.90. The van der Waals surface area contributed by atoms with E-state index in [1.54, 1.807) is 6.20 Å². The Morgan fingerprint density at radius 3 is 2.72 bits per heavy atom. The quantitative estimate of drug-likeness (QED) is 0.816. The third-order valence-corrected chi connectivity index (χ3v) is 3.57. The molecule has 0 spiro atoms. The molecule has 18 heavy (non-hydrogen) atoms. The molecular weight excluding hydrogens is 250 g/mol. The molecule has 2 aromatic rings.